The van der Waals surface area contributed by atoms with Gasteiger partial charge in [0.15, 0.2) is 0 Å². The molecule has 0 fully saturated rings. The van der Waals surface area contributed by atoms with Gasteiger partial charge >= 0.3 is 0 Å². The van der Waals surface area contributed by atoms with Crippen LogP contribution in [0, 0.1) is 20.8 Å². The molecule has 0 bridgehead atoms. The number of anilines is 3. The van der Waals surface area contributed by atoms with Crippen molar-refractivity contribution in [2.45, 2.75) is 40.0 Å². The summed E-state index contributed by atoms with van der Waals surface area (Å²) in [6, 6.07) is 22.3. The average Bonchev–Trinajstić information content (AvgIpc) is 2.60. The summed E-state index contributed by atoms with van der Waals surface area (Å²) in [4.78, 5) is 2.44. The summed E-state index contributed by atoms with van der Waals surface area (Å²) < 4.78 is 0. The van der Waals surface area contributed by atoms with Gasteiger partial charge in [0.25, 0.3) is 0 Å². The standard InChI is InChI=1S/C24H25N/c1-16-14-18(3)23(15-17(16)2)25-21-12-8-6-10-19(21)24(4,5)20-11-7-9-13-22(20)25/h6-15H,1-5H3. The third-order valence-corrected chi connectivity index (χ3v) is 5.69. The maximum atomic E-state index is 2.44. The van der Waals surface area contributed by atoms with Gasteiger partial charge in [-0.15, -0.1) is 0 Å². The van der Waals surface area contributed by atoms with Gasteiger partial charge in [-0.25, -0.2) is 0 Å². The topological polar surface area (TPSA) is 3.24 Å². The molecule has 3 aromatic carbocycles. The number of fused-ring (bicyclic) bond motifs is 2. The fourth-order valence-corrected chi connectivity index (χ4v) is 4.11. The number of benzene rings is 3. The Balaban J connectivity index is 2.06. The van der Waals surface area contributed by atoms with Crippen LogP contribution in [0.5, 0.6) is 0 Å². The largest absolute Gasteiger partial charge is 0.310 e. The number of para-hydroxylation sites is 2. The monoisotopic (exact) mass is 327 g/mol. The van der Waals surface area contributed by atoms with E-state index in [9.17, 15) is 0 Å². The molecule has 4 rings (SSSR count). The van der Waals surface area contributed by atoms with E-state index in [1.54, 1.807) is 0 Å². The maximum absolute atomic E-state index is 2.44. The highest BCUT2D eigenvalue weighted by atomic mass is 15.2. The van der Waals surface area contributed by atoms with Crippen LogP contribution in [0.15, 0.2) is 60.7 Å². The van der Waals surface area contributed by atoms with Crippen LogP contribution in [-0.2, 0) is 5.41 Å². The minimum absolute atomic E-state index is 0.00265. The second-order valence-corrected chi connectivity index (χ2v) is 7.72. The highest BCUT2D eigenvalue weighted by Gasteiger charge is 2.36. The molecule has 0 amide bonds. The first-order valence-corrected chi connectivity index (χ1v) is 8.98. The van der Waals surface area contributed by atoms with Gasteiger partial charge in [0.1, 0.15) is 0 Å². The Morgan fingerprint density at radius 1 is 0.600 bits per heavy atom. The lowest BCUT2D eigenvalue weighted by molar-refractivity contribution is 0.632. The molecule has 0 aliphatic carbocycles. The highest BCUT2D eigenvalue weighted by Crippen LogP contribution is 2.52. The molecule has 126 valence electrons. The Morgan fingerprint density at radius 3 is 1.64 bits per heavy atom. The first-order valence-electron chi connectivity index (χ1n) is 8.98. The molecule has 0 saturated heterocycles. The first-order chi connectivity index (χ1) is 11.9. The Hall–Kier alpha value is -2.54. The molecule has 3 aromatic rings. The summed E-state index contributed by atoms with van der Waals surface area (Å²) in [5, 5.41) is 0. The molecule has 1 heteroatoms. The Morgan fingerprint density at radius 2 is 1.08 bits per heavy atom. The second kappa shape index (κ2) is 5.49. The molecule has 0 aromatic heterocycles. The van der Waals surface area contributed by atoms with Gasteiger partial charge in [-0.2, -0.15) is 0 Å². The lowest BCUT2D eigenvalue weighted by atomic mass is 9.73. The summed E-state index contributed by atoms with van der Waals surface area (Å²) in [5.41, 5.74) is 10.6. The van der Waals surface area contributed by atoms with Crippen LogP contribution in [0.4, 0.5) is 17.1 Å². The second-order valence-electron chi connectivity index (χ2n) is 7.72. The van der Waals surface area contributed by atoms with Crippen LogP contribution in [0.3, 0.4) is 0 Å². The fourth-order valence-electron chi connectivity index (χ4n) is 4.11. The zero-order valence-electron chi connectivity index (χ0n) is 15.7. The SMILES string of the molecule is Cc1cc(C)c(N2c3ccccc3C(C)(C)c3ccccc32)cc1C. The highest BCUT2D eigenvalue weighted by molar-refractivity contribution is 5.87. The van der Waals surface area contributed by atoms with Gasteiger partial charge < -0.3 is 4.90 Å². The van der Waals surface area contributed by atoms with E-state index in [0.29, 0.717) is 0 Å². The van der Waals surface area contributed by atoms with Crippen LogP contribution in [0.25, 0.3) is 0 Å². The molecule has 1 aliphatic rings. The van der Waals surface area contributed by atoms with E-state index in [0.717, 1.165) is 0 Å². The third-order valence-electron chi connectivity index (χ3n) is 5.69. The van der Waals surface area contributed by atoms with Crippen LogP contribution >= 0.6 is 0 Å². The molecular weight excluding hydrogens is 302 g/mol. The minimum Gasteiger partial charge on any atom is -0.310 e. The van der Waals surface area contributed by atoms with Gasteiger partial charge in [0.2, 0.25) is 0 Å². The van der Waals surface area contributed by atoms with Crippen molar-refractivity contribution in [3.8, 4) is 0 Å². The number of aryl methyl sites for hydroxylation is 3. The predicted octanol–water partition coefficient (Wildman–Crippen LogP) is 6.72. The number of hydrogen-bond donors (Lipinski definition) is 0. The molecular formula is C24H25N. The minimum atomic E-state index is -0.00265. The molecule has 1 heterocycles. The zero-order chi connectivity index (χ0) is 17.8. The van der Waals surface area contributed by atoms with Crippen LogP contribution in [0.2, 0.25) is 0 Å². The smallest absolute Gasteiger partial charge is 0.0502 e. The Kier molecular flexibility index (Phi) is 3.50. The zero-order valence-corrected chi connectivity index (χ0v) is 15.7. The molecule has 0 unspecified atom stereocenters. The van der Waals surface area contributed by atoms with Crippen LogP contribution < -0.4 is 4.90 Å². The van der Waals surface area contributed by atoms with Crippen molar-refractivity contribution >= 4 is 17.1 Å². The van der Waals surface area contributed by atoms with E-state index in [1.165, 1.54) is 44.9 Å². The molecule has 0 N–H and O–H groups in total. The van der Waals surface area contributed by atoms with Gasteiger partial charge in [-0.05, 0) is 66.8 Å². The predicted molar refractivity (Wildman–Crippen MR) is 107 cm³/mol. The number of nitrogens with zero attached hydrogens (tertiary/aromatic N) is 1. The van der Waals surface area contributed by atoms with E-state index in [1.807, 2.05) is 0 Å². The van der Waals surface area contributed by atoms with Crippen molar-refractivity contribution in [1.82, 2.24) is 0 Å². The van der Waals surface area contributed by atoms with E-state index < -0.39 is 0 Å². The molecule has 0 spiro atoms. The van der Waals surface area contributed by atoms with Crippen molar-refractivity contribution in [1.29, 1.82) is 0 Å². The summed E-state index contributed by atoms with van der Waals surface area (Å²) >= 11 is 0. The Bertz CT molecular complexity index is 916. The number of hydrogen-bond acceptors (Lipinski definition) is 1. The normalized spacial score (nSPS) is 14.8. The van der Waals surface area contributed by atoms with Crippen molar-refractivity contribution in [3.05, 3.63) is 88.5 Å². The van der Waals surface area contributed by atoms with Crippen molar-refractivity contribution in [3.63, 3.8) is 0 Å². The molecule has 0 saturated carbocycles. The van der Waals surface area contributed by atoms with E-state index in [-0.39, 0.29) is 5.41 Å². The lowest BCUT2D eigenvalue weighted by Gasteiger charge is -2.42. The molecule has 0 atom stereocenters. The molecule has 0 radical (unpaired) electrons. The van der Waals surface area contributed by atoms with Crippen molar-refractivity contribution in [2.24, 2.45) is 0 Å². The molecule has 25 heavy (non-hydrogen) atoms. The van der Waals surface area contributed by atoms with E-state index in [2.05, 4.69) is 100 Å². The molecule has 1 aliphatic heterocycles. The quantitative estimate of drug-likeness (QED) is 0.479. The van der Waals surface area contributed by atoms with E-state index in [4.69, 9.17) is 0 Å². The summed E-state index contributed by atoms with van der Waals surface area (Å²) in [5.74, 6) is 0. The fraction of sp³-hybridized carbons (Fsp3) is 0.250. The van der Waals surface area contributed by atoms with Gasteiger partial charge in [-0.1, -0.05) is 56.3 Å². The molecule has 1 nitrogen and oxygen atoms in total. The van der Waals surface area contributed by atoms with Gasteiger partial charge in [-0.3, -0.25) is 0 Å². The number of rotatable bonds is 1. The summed E-state index contributed by atoms with van der Waals surface area (Å²) in [6.45, 7) is 11.3. The first kappa shape index (κ1) is 16.0. The van der Waals surface area contributed by atoms with E-state index >= 15 is 0 Å². The lowest BCUT2D eigenvalue weighted by Crippen LogP contribution is -2.30. The van der Waals surface area contributed by atoms with Crippen LogP contribution in [-0.4, -0.2) is 0 Å². The van der Waals surface area contributed by atoms with Gasteiger partial charge in [0, 0.05) is 11.1 Å². The van der Waals surface area contributed by atoms with Crippen molar-refractivity contribution < 1.29 is 0 Å². The Labute approximate surface area is 150 Å². The van der Waals surface area contributed by atoms with Crippen LogP contribution in [0.1, 0.15) is 41.7 Å². The summed E-state index contributed by atoms with van der Waals surface area (Å²) in [7, 11) is 0. The summed E-state index contributed by atoms with van der Waals surface area (Å²) in [6.07, 6.45) is 0. The van der Waals surface area contributed by atoms with Gasteiger partial charge in [0.05, 0.1) is 11.4 Å². The third kappa shape index (κ3) is 2.30. The van der Waals surface area contributed by atoms with Crippen molar-refractivity contribution in [2.75, 3.05) is 4.90 Å². The average molecular weight is 327 g/mol. The maximum Gasteiger partial charge on any atom is 0.0502 e.